The van der Waals surface area contributed by atoms with Crippen LogP contribution in [-0.2, 0) is 9.84 Å². The highest BCUT2D eigenvalue weighted by Gasteiger charge is 2.32. The van der Waals surface area contributed by atoms with Crippen LogP contribution in [0.15, 0.2) is 9.64 Å². The van der Waals surface area contributed by atoms with Crippen LogP contribution in [0.25, 0.3) is 0 Å². The zero-order valence-corrected chi connectivity index (χ0v) is 12.2. The standard InChI is InChI=1S/C10H17N3O3S2/c1-13(2)4-5-17-10-12-11-9(16-10)8-3-6-18(14,15)7-8/h8H,3-7H2,1-2H3/p+1/t8-/m0/s1. The highest BCUT2D eigenvalue weighted by molar-refractivity contribution is 7.99. The van der Waals surface area contributed by atoms with Gasteiger partial charge >= 0.3 is 0 Å². The summed E-state index contributed by atoms with van der Waals surface area (Å²) in [4.78, 5) is 1.36. The first-order chi connectivity index (χ1) is 8.46. The van der Waals surface area contributed by atoms with Gasteiger partial charge in [0.05, 0.1) is 43.8 Å². The molecule has 1 atom stereocenters. The van der Waals surface area contributed by atoms with Crippen molar-refractivity contribution in [2.24, 2.45) is 0 Å². The van der Waals surface area contributed by atoms with Crippen molar-refractivity contribution in [3.8, 4) is 0 Å². The van der Waals surface area contributed by atoms with E-state index >= 15 is 0 Å². The van der Waals surface area contributed by atoms with Crippen molar-refractivity contribution in [1.82, 2.24) is 10.2 Å². The minimum atomic E-state index is -2.90. The molecule has 102 valence electrons. The molecule has 0 unspecified atom stereocenters. The van der Waals surface area contributed by atoms with Crippen molar-refractivity contribution in [2.45, 2.75) is 17.6 Å². The molecule has 0 radical (unpaired) electrons. The molecule has 0 amide bonds. The van der Waals surface area contributed by atoms with E-state index in [4.69, 9.17) is 4.42 Å². The summed E-state index contributed by atoms with van der Waals surface area (Å²) >= 11 is 1.52. The molecule has 1 fully saturated rings. The number of hydrogen-bond donors (Lipinski definition) is 1. The number of quaternary nitrogens is 1. The smallest absolute Gasteiger partial charge is 0.276 e. The number of aromatic nitrogens is 2. The van der Waals surface area contributed by atoms with Gasteiger partial charge in [0.2, 0.25) is 5.89 Å². The number of thioether (sulfide) groups is 1. The lowest BCUT2D eigenvalue weighted by Gasteiger charge is -2.04. The van der Waals surface area contributed by atoms with Crippen molar-refractivity contribution >= 4 is 21.6 Å². The second-order valence-corrected chi connectivity index (χ2v) is 8.09. The van der Waals surface area contributed by atoms with Crippen LogP contribution in [0.2, 0.25) is 0 Å². The van der Waals surface area contributed by atoms with Gasteiger partial charge in [0.1, 0.15) is 0 Å². The molecule has 2 heterocycles. The third kappa shape index (κ3) is 3.69. The Labute approximate surface area is 111 Å². The first-order valence-electron chi connectivity index (χ1n) is 5.92. The fourth-order valence-corrected chi connectivity index (χ4v) is 4.44. The molecule has 1 saturated heterocycles. The molecule has 6 nitrogen and oxygen atoms in total. The van der Waals surface area contributed by atoms with Gasteiger partial charge in [0.25, 0.3) is 5.22 Å². The van der Waals surface area contributed by atoms with Gasteiger partial charge in [-0.15, -0.1) is 10.2 Å². The van der Waals surface area contributed by atoms with Crippen molar-refractivity contribution in [3.63, 3.8) is 0 Å². The molecule has 0 bridgehead atoms. The number of rotatable bonds is 5. The van der Waals surface area contributed by atoms with Crippen LogP contribution in [0.3, 0.4) is 0 Å². The maximum atomic E-state index is 11.4. The number of nitrogens with zero attached hydrogens (tertiary/aromatic N) is 2. The quantitative estimate of drug-likeness (QED) is 0.717. The molecule has 1 aliphatic heterocycles. The summed E-state index contributed by atoms with van der Waals surface area (Å²) < 4.78 is 28.3. The van der Waals surface area contributed by atoms with E-state index in [-0.39, 0.29) is 17.4 Å². The molecule has 1 aliphatic rings. The summed E-state index contributed by atoms with van der Waals surface area (Å²) in [7, 11) is 1.27. The van der Waals surface area contributed by atoms with Gasteiger partial charge in [0, 0.05) is 0 Å². The number of nitrogens with one attached hydrogen (secondary N) is 1. The Balaban J connectivity index is 1.90. The molecule has 0 spiro atoms. The summed E-state index contributed by atoms with van der Waals surface area (Å²) in [6.07, 6.45) is 0.594. The average Bonchev–Trinajstić information content (AvgIpc) is 2.84. The first kappa shape index (κ1) is 13.8. The summed E-state index contributed by atoms with van der Waals surface area (Å²) in [5.41, 5.74) is 0. The fraction of sp³-hybridized carbons (Fsp3) is 0.800. The SMILES string of the molecule is C[NH+](C)CCSc1nnc([C@H]2CCS(=O)(=O)C2)o1. The number of sulfone groups is 1. The van der Waals surface area contributed by atoms with E-state index < -0.39 is 9.84 Å². The van der Waals surface area contributed by atoms with Crippen LogP contribution in [0.1, 0.15) is 18.2 Å². The van der Waals surface area contributed by atoms with Gasteiger partial charge in [-0.2, -0.15) is 0 Å². The van der Waals surface area contributed by atoms with Crippen LogP contribution in [0, 0.1) is 0 Å². The average molecular weight is 292 g/mol. The molecule has 1 aromatic rings. The highest BCUT2D eigenvalue weighted by atomic mass is 32.2. The molecule has 0 saturated carbocycles. The Hall–Kier alpha value is -0.600. The maximum absolute atomic E-state index is 11.4. The molecule has 2 rings (SSSR count). The summed E-state index contributed by atoms with van der Waals surface area (Å²) in [5.74, 6) is 1.63. The summed E-state index contributed by atoms with van der Waals surface area (Å²) in [6, 6.07) is 0. The number of hydrogen-bond acceptors (Lipinski definition) is 6. The Morgan fingerprint density at radius 1 is 1.44 bits per heavy atom. The van der Waals surface area contributed by atoms with E-state index in [1.807, 2.05) is 0 Å². The highest BCUT2D eigenvalue weighted by Crippen LogP contribution is 2.29. The summed E-state index contributed by atoms with van der Waals surface area (Å²) in [5, 5.41) is 8.44. The molecular weight excluding hydrogens is 274 g/mol. The minimum absolute atomic E-state index is 0.115. The molecule has 18 heavy (non-hydrogen) atoms. The summed E-state index contributed by atoms with van der Waals surface area (Å²) in [6.45, 7) is 1.01. The predicted octanol–water partition coefficient (Wildman–Crippen LogP) is -0.792. The van der Waals surface area contributed by atoms with Gasteiger partial charge in [-0.1, -0.05) is 11.8 Å². The Morgan fingerprint density at radius 3 is 2.83 bits per heavy atom. The fourth-order valence-electron chi connectivity index (χ4n) is 1.78. The van der Waals surface area contributed by atoms with Crippen molar-refractivity contribution in [1.29, 1.82) is 0 Å². The lowest BCUT2D eigenvalue weighted by Crippen LogP contribution is -3.06. The Bertz CT molecular complexity index is 498. The van der Waals surface area contributed by atoms with E-state index in [0.717, 1.165) is 12.3 Å². The molecule has 1 aromatic heterocycles. The first-order valence-corrected chi connectivity index (χ1v) is 8.72. The third-order valence-corrected chi connectivity index (χ3v) is 5.42. The van der Waals surface area contributed by atoms with Gasteiger partial charge < -0.3 is 9.32 Å². The molecule has 0 aliphatic carbocycles. The Kier molecular flexibility index (Phi) is 4.29. The predicted molar refractivity (Wildman–Crippen MR) is 68.7 cm³/mol. The van der Waals surface area contributed by atoms with Gasteiger partial charge in [-0.05, 0) is 6.42 Å². The maximum Gasteiger partial charge on any atom is 0.276 e. The van der Waals surface area contributed by atoms with Crippen LogP contribution >= 0.6 is 11.8 Å². The van der Waals surface area contributed by atoms with E-state index in [0.29, 0.717) is 17.5 Å². The van der Waals surface area contributed by atoms with Gasteiger partial charge in [0.15, 0.2) is 9.84 Å². The monoisotopic (exact) mass is 292 g/mol. The second-order valence-electron chi connectivity index (χ2n) is 4.81. The normalized spacial score (nSPS) is 22.7. The van der Waals surface area contributed by atoms with Crippen LogP contribution in [0.5, 0.6) is 0 Å². The van der Waals surface area contributed by atoms with Crippen molar-refractivity contribution in [2.75, 3.05) is 37.9 Å². The van der Waals surface area contributed by atoms with Crippen molar-refractivity contribution < 1.29 is 17.7 Å². The van der Waals surface area contributed by atoms with E-state index in [9.17, 15) is 8.42 Å². The molecule has 8 heteroatoms. The van der Waals surface area contributed by atoms with Crippen molar-refractivity contribution in [3.05, 3.63) is 5.89 Å². The third-order valence-electron chi connectivity index (χ3n) is 2.83. The van der Waals surface area contributed by atoms with Gasteiger partial charge in [-0.25, -0.2) is 8.42 Å². The lowest BCUT2D eigenvalue weighted by molar-refractivity contribution is -0.855. The zero-order chi connectivity index (χ0) is 13.2. The molecule has 0 aromatic carbocycles. The van der Waals surface area contributed by atoms with E-state index in [2.05, 4.69) is 24.3 Å². The second kappa shape index (κ2) is 5.58. The largest absolute Gasteiger partial charge is 0.416 e. The van der Waals surface area contributed by atoms with Crippen LogP contribution < -0.4 is 4.90 Å². The minimum Gasteiger partial charge on any atom is -0.416 e. The van der Waals surface area contributed by atoms with Gasteiger partial charge in [-0.3, -0.25) is 0 Å². The van der Waals surface area contributed by atoms with E-state index in [1.54, 1.807) is 0 Å². The zero-order valence-electron chi connectivity index (χ0n) is 10.5. The Morgan fingerprint density at radius 2 is 2.22 bits per heavy atom. The molecular formula is C10H18N3O3S2+. The van der Waals surface area contributed by atoms with E-state index in [1.165, 1.54) is 16.7 Å². The van der Waals surface area contributed by atoms with Crippen LogP contribution in [-0.4, -0.2) is 56.5 Å². The lowest BCUT2D eigenvalue weighted by atomic mass is 10.1. The molecule has 1 N–H and O–H groups in total. The topological polar surface area (TPSA) is 77.5 Å². The van der Waals surface area contributed by atoms with Crippen LogP contribution in [0.4, 0.5) is 0 Å².